The second kappa shape index (κ2) is 6.97. The van der Waals surface area contributed by atoms with E-state index >= 15 is 0 Å². The lowest BCUT2D eigenvalue weighted by Crippen LogP contribution is -2.33. The highest BCUT2D eigenvalue weighted by molar-refractivity contribution is 9.10. The number of nitrogens with zero attached hydrogens (tertiary/aromatic N) is 2. The monoisotopic (exact) mass is 302 g/mol. The summed E-state index contributed by atoms with van der Waals surface area (Å²) < 4.78 is 14.7. The normalized spacial score (nSPS) is 10.9. The Balaban J connectivity index is 2.75. The van der Waals surface area contributed by atoms with Crippen molar-refractivity contribution in [2.24, 2.45) is 0 Å². The molecule has 0 amide bonds. The Morgan fingerprint density at radius 2 is 1.88 bits per heavy atom. The fourth-order valence-corrected chi connectivity index (χ4v) is 1.98. The predicted octanol–water partition coefficient (Wildman–Crippen LogP) is 3.37. The summed E-state index contributed by atoms with van der Waals surface area (Å²) in [6, 6.07) is 5.07. The average Bonchev–Trinajstić information content (AvgIpc) is 2.33. The van der Waals surface area contributed by atoms with Crippen molar-refractivity contribution in [1.29, 1.82) is 0 Å². The molecular weight excluding hydrogens is 283 g/mol. The van der Waals surface area contributed by atoms with E-state index in [1.165, 1.54) is 6.07 Å². The first kappa shape index (κ1) is 14.5. The lowest BCUT2D eigenvalue weighted by atomic mass is 10.2. The van der Waals surface area contributed by atoms with Gasteiger partial charge in [-0.2, -0.15) is 0 Å². The molecule has 0 spiro atoms. The van der Waals surface area contributed by atoms with Crippen molar-refractivity contribution in [2.45, 2.75) is 13.8 Å². The van der Waals surface area contributed by atoms with E-state index in [2.05, 4.69) is 39.7 Å². The average molecular weight is 303 g/mol. The molecule has 0 aliphatic heterocycles. The summed E-state index contributed by atoms with van der Waals surface area (Å²) in [5, 5.41) is 0. The summed E-state index contributed by atoms with van der Waals surface area (Å²) in [5.74, 6) is -0.158. The Bertz CT molecular complexity index is 357. The van der Waals surface area contributed by atoms with Crippen molar-refractivity contribution in [3.63, 3.8) is 0 Å². The van der Waals surface area contributed by atoms with Gasteiger partial charge in [0.1, 0.15) is 5.82 Å². The van der Waals surface area contributed by atoms with Crippen LogP contribution < -0.4 is 4.90 Å². The molecule has 0 unspecified atom stereocenters. The molecule has 17 heavy (non-hydrogen) atoms. The number of likely N-dealkylation sites (N-methyl/N-ethyl adjacent to an activating group) is 2. The molecule has 1 rings (SSSR count). The van der Waals surface area contributed by atoms with Gasteiger partial charge in [-0.1, -0.05) is 22.9 Å². The SMILES string of the molecule is CCN(C)CCN(CC)c1cc(Br)ccc1F. The minimum atomic E-state index is -0.158. The molecule has 0 bridgehead atoms. The van der Waals surface area contributed by atoms with Crippen LogP contribution in [-0.2, 0) is 0 Å². The smallest absolute Gasteiger partial charge is 0.146 e. The van der Waals surface area contributed by atoms with Crippen molar-refractivity contribution in [3.8, 4) is 0 Å². The van der Waals surface area contributed by atoms with Gasteiger partial charge in [-0.25, -0.2) is 4.39 Å². The maximum Gasteiger partial charge on any atom is 0.146 e. The molecule has 0 N–H and O–H groups in total. The van der Waals surface area contributed by atoms with Crippen molar-refractivity contribution < 1.29 is 4.39 Å². The summed E-state index contributed by atoms with van der Waals surface area (Å²) in [6.45, 7) is 7.77. The minimum Gasteiger partial charge on any atom is -0.368 e. The Labute approximate surface area is 112 Å². The quantitative estimate of drug-likeness (QED) is 0.795. The molecule has 0 aliphatic rings. The number of anilines is 1. The maximum absolute atomic E-state index is 13.7. The zero-order chi connectivity index (χ0) is 12.8. The van der Waals surface area contributed by atoms with Gasteiger partial charge in [0.05, 0.1) is 5.69 Å². The fourth-order valence-electron chi connectivity index (χ4n) is 1.63. The summed E-state index contributed by atoms with van der Waals surface area (Å²) in [6.07, 6.45) is 0. The van der Waals surface area contributed by atoms with Crippen molar-refractivity contribution in [3.05, 3.63) is 28.5 Å². The molecule has 4 heteroatoms. The second-order valence-corrected chi connectivity index (χ2v) is 4.99. The Hall–Kier alpha value is -0.610. The van der Waals surface area contributed by atoms with E-state index < -0.39 is 0 Å². The van der Waals surface area contributed by atoms with Crippen LogP contribution in [0.15, 0.2) is 22.7 Å². The van der Waals surface area contributed by atoms with Gasteiger partial charge in [-0.05, 0) is 38.7 Å². The number of halogens is 2. The Morgan fingerprint density at radius 1 is 1.18 bits per heavy atom. The minimum absolute atomic E-state index is 0.158. The Morgan fingerprint density at radius 3 is 2.47 bits per heavy atom. The van der Waals surface area contributed by atoms with Gasteiger partial charge in [0.15, 0.2) is 0 Å². The number of hydrogen-bond acceptors (Lipinski definition) is 2. The van der Waals surface area contributed by atoms with Gasteiger partial charge in [0, 0.05) is 24.1 Å². The van der Waals surface area contributed by atoms with Crippen LogP contribution in [0.4, 0.5) is 10.1 Å². The van der Waals surface area contributed by atoms with Crippen LogP contribution >= 0.6 is 15.9 Å². The number of rotatable bonds is 6. The van der Waals surface area contributed by atoms with Crippen LogP contribution in [0.1, 0.15) is 13.8 Å². The maximum atomic E-state index is 13.7. The van der Waals surface area contributed by atoms with Gasteiger partial charge in [-0.3, -0.25) is 0 Å². The van der Waals surface area contributed by atoms with E-state index in [1.807, 2.05) is 13.0 Å². The first-order valence-electron chi connectivity index (χ1n) is 5.97. The van der Waals surface area contributed by atoms with Crippen molar-refractivity contribution in [2.75, 3.05) is 38.1 Å². The van der Waals surface area contributed by atoms with Crippen LogP contribution in [0.3, 0.4) is 0 Å². The van der Waals surface area contributed by atoms with Crippen molar-refractivity contribution in [1.82, 2.24) is 4.90 Å². The van der Waals surface area contributed by atoms with Crippen LogP contribution in [-0.4, -0.2) is 38.1 Å². The third-order valence-electron chi connectivity index (χ3n) is 2.92. The van der Waals surface area contributed by atoms with Gasteiger partial charge in [0.2, 0.25) is 0 Å². The van der Waals surface area contributed by atoms with E-state index in [-0.39, 0.29) is 5.82 Å². The van der Waals surface area contributed by atoms with E-state index in [0.717, 1.165) is 30.7 Å². The number of benzene rings is 1. The fraction of sp³-hybridized carbons (Fsp3) is 0.538. The lowest BCUT2D eigenvalue weighted by molar-refractivity contribution is 0.358. The highest BCUT2D eigenvalue weighted by Crippen LogP contribution is 2.23. The molecular formula is C13H20BrFN2. The van der Waals surface area contributed by atoms with E-state index in [1.54, 1.807) is 6.07 Å². The second-order valence-electron chi connectivity index (χ2n) is 4.07. The highest BCUT2D eigenvalue weighted by Gasteiger charge is 2.10. The van der Waals surface area contributed by atoms with E-state index in [0.29, 0.717) is 5.69 Å². The molecule has 2 nitrogen and oxygen atoms in total. The topological polar surface area (TPSA) is 6.48 Å². The molecule has 0 atom stereocenters. The first-order valence-corrected chi connectivity index (χ1v) is 6.76. The van der Waals surface area contributed by atoms with E-state index in [4.69, 9.17) is 0 Å². The molecule has 0 radical (unpaired) electrons. The van der Waals surface area contributed by atoms with Gasteiger partial charge in [0.25, 0.3) is 0 Å². The molecule has 0 heterocycles. The standard InChI is InChI=1S/C13H20BrFN2/c1-4-16(3)8-9-17(5-2)13-10-11(14)6-7-12(13)15/h6-7,10H,4-5,8-9H2,1-3H3. The largest absolute Gasteiger partial charge is 0.368 e. The van der Waals surface area contributed by atoms with Gasteiger partial charge in [-0.15, -0.1) is 0 Å². The third kappa shape index (κ3) is 4.28. The van der Waals surface area contributed by atoms with Crippen LogP contribution in [0, 0.1) is 5.82 Å². The molecule has 1 aromatic rings. The molecule has 0 saturated carbocycles. The van der Waals surface area contributed by atoms with Crippen LogP contribution in [0.5, 0.6) is 0 Å². The molecule has 0 fully saturated rings. The van der Waals surface area contributed by atoms with Crippen molar-refractivity contribution >= 4 is 21.6 Å². The Kier molecular flexibility index (Phi) is 5.92. The third-order valence-corrected chi connectivity index (χ3v) is 3.42. The van der Waals surface area contributed by atoms with Gasteiger partial charge < -0.3 is 9.80 Å². The molecule has 96 valence electrons. The molecule has 0 aromatic heterocycles. The summed E-state index contributed by atoms with van der Waals surface area (Å²) >= 11 is 3.38. The van der Waals surface area contributed by atoms with Crippen LogP contribution in [0.25, 0.3) is 0 Å². The van der Waals surface area contributed by atoms with E-state index in [9.17, 15) is 4.39 Å². The molecule has 0 aliphatic carbocycles. The summed E-state index contributed by atoms with van der Waals surface area (Å²) in [5.41, 5.74) is 0.673. The highest BCUT2D eigenvalue weighted by atomic mass is 79.9. The first-order chi connectivity index (χ1) is 8.08. The zero-order valence-electron chi connectivity index (χ0n) is 10.7. The zero-order valence-corrected chi connectivity index (χ0v) is 12.3. The molecule has 0 saturated heterocycles. The molecule has 1 aromatic carbocycles. The lowest BCUT2D eigenvalue weighted by Gasteiger charge is -2.26. The predicted molar refractivity (Wildman–Crippen MR) is 75.2 cm³/mol. The van der Waals surface area contributed by atoms with Gasteiger partial charge >= 0.3 is 0 Å². The summed E-state index contributed by atoms with van der Waals surface area (Å²) in [4.78, 5) is 4.28. The van der Waals surface area contributed by atoms with Crippen LogP contribution in [0.2, 0.25) is 0 Å². The summed E-state index contributed by atoms with van der Waals surface area (Å²) in [7, 11) is 2.07. The number of hydrogen-bond donors (Lipinski definition) is 0.